The molecule has 2 aliphatic rings. The largest absolute Gasteiger partial charge is 0.453 e. The molecule has 0 spiro atoms. The van der Waals surface area contributed by atoms with Gasteiger partial charge in [0, 0.05) is 12.8 Å². The maximum atomic E-state index is 14.7. The lowest BCUT2D eigenvalue weighted by atomic mass is 10.0. The molecular formula is C40H48F2N8O6. The number of amides is 4. The van der Waals surface area contributed by atoms with E-state index in [1.54, 1.807) is 40.1 Å². The summed E-state index contributed by atoms with van der Waals surface area (Å²) in [7, 11) is 2.44. The molecule has 4 amide bonds. The van der Waals surface area contributed by atoms with Crippen LogP contribution in [0, 0.1) is 11.8 Å². The van der Waals surface area contributed by atoms with Gasteiger partial charge in [0.05, 0.1) is 63.2 Å². The highest BCUT2D eigenvalue weighted by Gasteiger charge is 2.43. The Morgan fingerprint density at radius 2 is 0.982 bits per heavy atom. The van der Waals surface area contributed by atoms with Crippen molar-refractivity contribution in [3.8, 4) is 33.6 Å². The van der Waals surface area contributed by atoms with Crippen LogP contribution in [-0.4, -0.2) is 105 Å². The van der Waals surface area contributed by atoms with Gasteiger partial charge in [0.15, 0.2) is 0 Å². The van der Waals surface area contributed by atoms with Gasteiger partial charge in [0.25, 0.3) is 0 Å². The van der Waals surface area contributed by atoms with Crippen molar-refractivity contribution in [3.05, 3.63) is 72.6 Å². The first-order valence-electron chi connectivity index (χ1n) is 18.7. The van der Waals surface area contributed by atoms with Crippen molar-refractivity contribution in [1.82, 2.24) is 40.4 Å². The molecule has 4 heterocycles. The summed E-state index contributed by atoms with van der Waals surface area (Å²) < 4.78 is 38.8. The minimum Gasteiger partial charge on any atom is -0.453 e. The summed E-state index contributed by atoms with van der Waals surface area (Å²) in [5.41, 5.74) is 5.05. The number of H-pyrrole nitrogens is 2. The molecule has 14 nitrogen and oxygen atoms in total. The van der Waals surface area contributed by atoms with Gasteiger partial charge in [-0.05, 0) is 34.1 Å². The number of alkyl halides is 2. The number of imidazole rings is 2. The Labute approximate surface area is 323 Å². The first-order chi connectivity index (χ1) is 26.8. The normalized spacial score (nSPS) is 20.6. The molecule has 0 radical (unpaired) electrons. The van der Waals surface area contributed by atoms with Crippen LogP contribution in [0.1, 0.15) is 64.3 Å². The van der Waals surface area contributed by atoms with E-state index in [9.17, 15) is 28.0 Å². The molecule has 0 aliphatic carbocycles. The third-order valence-corrected chi connectivity index (χ3v) is 10.4. The van der Waals surface area contributed by atoms with Gasteiger partial charge >= 0.3 is 12.2 Å². The third-order valence-electron chi connectivity index (χ3n) is 10.4. The van der Waals surface area contributed by atoms with Crippen molar-refractivity contribution >= 4 is 24.0 Å². The topological polar surface area (TPSA) is 175 Å². The number of aromatic amines is 2. The minimum atomic E-state index is -1.23. The van der Waals surface area contributed by atoms with E-state index < -0.39 is 60.5 Å². The number of aromatic nitrogens is 4. The van der Waals surface area contributed by atoms with E-state index in [0.29, 0.717) is 23.0 Å². The number of likely N-dealkylation sites (tertiary alicyclic amines) is 2. The molecule has 56 heavy (non-hydrogen) atoms. The Bertz CT molecular complexity index is 1870. The zero-order chi connectivity index (χ0) is 40.3. The van der Waals surface area contributed by atoms with E-state index in [2.05, 4.69) is 30.6 Å². The number of hydrogen-bond acceptors (Lipinski definition) is 8. The van der Waals surface area contributed by atoms with E-state index in [1.807, 2.05) is 48.5 Å². The van der Waals surface area contributed by atoms with E-state index in [1.165, 1.54) is 24.0 Å². The monoisotopic (exact) mass is 774 g/mol. The van der Waals surface area contributed by atoms with Crippen molar-refractivity contribution in [2.45, 2.75) is 77.0 Å². The number of benzene rings is 2. The standard InChI is InChI=1S/C40H48F2N8O6/c1-21(2)33(47-39(53)55-5)37(51)49-19-27(41)15-31(49)35-43-17-29(45-35)25-11-7-23(8-12-25)24-9-13-26(14-10-24)30-18-44-36(46-30)32-16-28(42)20-50(32)38(52)34(22(3)4)48-40(54)56-6/h7-14,17-18,21-22,27-28,31-34H,15-16,19-20H2,1-6H3,(H,43,45)(H,44,46)(H,47,53)(H,48,54)/t27-,28+,31-,32-,33-,34-/m0/s1. The second-order valence-corrected chi connectivity index (χ2v) is 14.9. The van der Waals surface area contributed by atoms with Crippen molar-refractivity contribution in [3.63, 3.8) is 0 Å². The summed E-state index contributed by atoms with van der Waals surface area (Å²) >= 11 is 0. The van der Waals surface area contributed by atoms with E-state index in [4.69, 9.17) is 9.47 Å². The number of carbonyl (C=O) groups is 4. The molecule has 4 aromatic rings. The highest BCUT2D eigenvalue weighted by molar-refractivity contribution is 5.87. The first-order valence-corrected chi connectivity index (χ1v) is 18.7. The van der Waals surface area contributed by atoms with Crippen LogP contribution in [0.3, 0.4) is 0 Å². The van der Waals surface area contributed by atoms with Crippen molar-refractivity contribution in [2.75, 3.05) is 27.3 Å². The third kappa shape index (κ3) is 8.53. The zero-order valence-electron chi connectivity index (χ0n) is 32.2. The van der Waals surface area contributed by atoms with Gasteiger partial charge in [-0.15, -0.1) is 0 Å². The van der Waals surface area contributed by atoms with Gasteiger partial charge in [-0.1, -0.05) is 76.2 Å². The lowest BCUT2D eigenvalue weighted by Crippen LogP contribution is -2.51. The molecule has 0 unspecified atom stereocenters. The summed E-state index contributed by atoms with van der Waals surface area (Å²) in [5, 5.41) is 5.15. The number of nitrogens with zero attached hydrogens (tertiary/aromatic N) is 4. The van der Waals surface area contributed by atoms with Gasteiger partial charge in [-0.3, -0.25) is 9.59 Å². The number of methoxy groups -OCH3 is 2. The number of carbonyl (C=O) groups excluding carboxylic acids is 4. The second kappa shape index (κ2) is 16.9. The minimum absolute atomic E-state index is 0.0855. The summed E-state index contributed by atoms with van der Waals surface area (Å²) in [6.07, 6.45) is -0.435. The Morgan fingerprint density at radius 1 is 0.643 bits per heavy atom. The Balaban J connectivity index is 1.13. The summed E-state index contributed by atoms with van der Waals surface area (Å²) in [5.74, 6) is -0.369. The molecule has 6 atom stereocenters. The van der Waals surface area contributed by atoms with Crippen molar-refractivity contribution in [2.24, 2.45) is 11.8 Å². The van der Waals surface area contributed by atoms with Gasteiger partial charge < -0.3 is 39.9 Å². The number of alkyl carbamates (subject to hydrolysis) is 2. The number of rotatable bonds is 11. The van der Waals surface area contributed by atoms with Crippen molar-refractivity contribution in [1.29, 1.82) is 0 Å². The SMILES string of the molecule is COC(=O)N[C@H](C(=O)N1C[C@H](F)C[C@H]1c1ncc(-c2ccc(-c3ccc(-c4cnc([C@@H]5C[C@H](F)CN5C(=O)[C@@H](NC(=O)OC)C(C)C)[nH]4)cc3)cc2)[nH]1)C(C)C. The molecule has 16 heteroatoms. The van der Waals surface area contributed by atoms with Crippen LogP contribution >= 0.6 is 0 Å². The number of nitrogens with one attached hydrogen (secondary N) is 4. The predicted octanol–water partition coefficient (Wildman–Crippen LogP) is 6.12. The average molecular weight is 775 g/mol. The summed E-state index contributed by atoms with van der Waals surface area (Å²) in [6, 6.07) is 12.7. The Morgan fingerprint density at radius 3 is 1.30 bits per heavy atom. The maximum Gasteiger partial charge on any atom is 0.407 e. The molecule has 2 aromatic carbocycles. The quantitative estimate of drug-likeness (QED) is 0.141. The fourth-order valence-electron chi connectivity index (χ4n) is 7.32. The van der Waals surface area contributed by atoms with Crippen molar-refractivity contribution < 1.29 is 37.4 Å². The lowest BCUT2D eigenvalue weighted by Gasteiger charge is -2.29. The number of halogens is 2. The number of ether oxygens (including phenoxy) is 2. The van der Waals surface area contributed by atoms with Gasteiger partial charge in [0.1, 0.15) is 36.1 Å². The summed E-state index contributed by atoms with van der Waals surface area (Å²) in [6.45, 7) is 6.99. The zero-order valence-corrected chi connectivity index (χ0v) is 32.2. The first kappa shape index (κ1) is 39.9. The van der Waals surface area contributed by atoms with Gasteiger partial charge in [-0.25, -0.2) is 28.3 Å². The van der Waals surface area contributed by atoms with Crippen LogP contribution < -0.4 is 10.6 Å². The molecular weight excluding hydrogens is 726 g/mol. The highest BCUT2D eigenvalue weighted by Crippen LogP contribution is 2.36. The molecule has 2 saturated heterocycles. The molecule has 2 aromatic heterocycles. The maximum absolute atomic E-state index is 14.7. The highest BCUT2D eigenvalue weighted by atomic mass is 19.1. The van der Waals surface area contributed by atoms with E-state index in [0.717, 1.165) is 22.3 Å². The average Bonchev–Trinajstić information content (AvgIpc) is 4.02. The van der Waals surface area contributed by atoms with Crippen LogP contribution in [-0.2, 0) is 19.1 Å². The summed E-state index contributed by atoms with van der Waals surface area (Å²) in [4.78, 5) is 69.3. The second-order valence-electron chi connectivity index (χ2n) is 14.9. The van der Waals surface area contributed by atoms with Gasteiger partial charge in [-0.2, -0.15) is 0 Å². The Kier molecular flexibility index (Phi) is 12.0. The van der Waals surface area contributed by atoms with Gasteiger partial charge in [0.2, 0.25) is 11.8 Å². The Hall–Kier alpha value is -5.80. The predicted molar refractivity (Wildman–Crippen MR) is 203 cm³/mol. The van der Waals surface area contributed by atoms with Crippen LogP contribution in [0.4, 0.5) is 18.4 Å². The molecule has 4 N–H and O–H groups in total. The lowest BCUT2D eigenvalue weighted by molar-refractivity contribution is -0.136. The van der Waals surface area contributed by atoms with Crippen LogP contribution in [0.5, 0.6) is 0 Å². The van der Waals surface area contributed by atoms with Crippen LogP contribution in [0.25, 0.3) is 33.6 Å². The number of hydrogen-bond donors (Lipinski definition) is 4. The van der Waals surface area contributed by atoms with E-state index in [-0.39, 0.29) is 37.8 Å². The van der Waals surface area contributed by atoms with Crippen LogP contribution in [0.2, 0.25) is 0 Å². The molecule has 2 fully saturated rings. The molecule has 0 saturated carbocycles. The smallest absolute Gasteiger partial charge is 0.407 e. The fraction of sp³-hybridized carbons (Fsp3) is 0.450. The molecule has 298 valence electrons. The fourth-order valence-corrected chi connectivity index (χ4v) is 7.32. The van der Waals surface area contributed by atoms with E-state index >= 15 is 0 Å². The van der Waals surface area contributed by atoms with Crippen LogP contribution in [0.15, 0.2) is 60.9 Å². The molecule has 6 rings (SSSR count). The molecule has 2 aliphatic heterocycles. The molecule has 0 bridgehead atoms.